The molecule has 0 spiro atoms. The Morgan fingerprint density at radius 2 is 1.50 bits per heavy atom. The third kappa shape index (κ3) is 3.98. The average Bonchev–Trinajstić information content (AvgIpc) is 2.33. The van der Waals surface area contributed by atoms with Gasteiger partial charge in [0.15, 0.2) is 11.5 Å². The summed E-state index contributed by atoms with van der Waals surface area (Å²) in [5, 5.41) is 9.82. The predicted molar refractivity (Wildman–Crippen MR) is 66.7 cm³/mol. The molecule has 0 atom stereocenters. The molecule has 0 aliphatic heterocycles. The molecule has 0 unspecified atom stereocenters. The van der Waals surface area contributed by atoms with Crippen LogP contribution in [0.25, 0.3) is 0 Å². The summed E-state index contributed by atoms with van der Waals surface area (Å²) in [7, 11) is 0. The number of carbonyl (C=O) groups excluding carboxylic acids is 3. The molecule has 1 aromatic carbocycles. The maximum absolute atomic E-state index is 11.6. The highest BCUT2D eigenvalue weighted by Gasteiger charge is 2.19. The first-order chi connectivity index (χ1) is 9.35. The van der Waals surface area contributed by atoms with Crippen LogP contribution < -0.4 is 9.47 Å². The zero-order chi connectivity index (χ0) is 15.3. The summed E-state index contributed by atoms with van der Waals surface area (Å²) in [6.45, 7) is 4.02. The number of benzene rings is 1. The molecule has 0 saturated heterocycles. The SMILES string of the molecule is CCOC(=O)c1cc(OC(C)=O)c(O)c(OC(C)=O)c1. The van der Waals surface area contributed by atoms with Crippen molar-refractivity contribution in [2.75, 3.05) is 6.61 Å². The Kier molecular flexibility index (Phi) is 5.08. The van der Waals surface area contributed by atoms with Crippen molar-refractivity contribution in [3.63, 3.8) is 0 Å². The zero-order valence-electron chi connectivity index (χ0n) is 11.3. The Morgan fingerprint density at radius 3 is 1.85 bits per heavy atom. The average molecular weight is 282 g/mol. The van der Waals surface area contributed by atoms with Crippen molar-refractivity contribution < 1.29 is 33.7 Å². The number of esters is 3. The highest BCUT2D eigenvalue weighted by molar-refractivity contribution is 5.91. The lowest BCUT2D eigenvalue weighted by Crippen LogP contribution is -2.09. The maximum atomic E-state index is 11.6. The molecular weight excluding hydrogens is 268 g/mol. The molecule has 20 heavy (non-hydrogen) atoms. The number of hydrogen-bond donors (Lipinski definition) is 1. The van der Waals surface area contributed by atoms with Gasteiger partial charge in [-0.3, -0.25) is 9.59 Å². The second-order valence-electron chi connectivity index (χ2n) is 3.73. The molecular formula is C13H14O7. The highest BCUT2D eigenvalue weighted by Crippen LogP contribution is 2.38. The van der Waals surface area contributed by atoms with Crippen molar-refractivity contribution in [2.45, 2.75) is 20.8 Å². The minimum atomic E-state index is -0.700. The van der Waals surface area contributed by atoms with E-state index in [1.54, 1.807) is 6.92 Å². The van der Waals surface area contributed by atoms with Crippen molar-refractivity contribution in [3.05, 3.63) is 17.7 Å². The summed E-state index contributed by atoms with van der Waals surface area (Å²) in [5.41, 5.74) is -0.0165. The smallest absolute Gasteiger partial charge is 0.338 e. The molecule has 1 N–H and O–H groups in total. The molecule has 1 aromatic rings. The van der Waals surface area contributed by atoms with Gasteiger partial charge in [0, 0.05) is 13.8 Å². The van der Waals surface area contributed by atoms with E-state index in [1.165, 1.54) is 0 Å². The number of ether oxygens (including phenoxy) is 3. The summed E-state index contributed by atoms with van der Waals surface area (Å²) in [6.07, 6.45) is 0. The summed E-state index contributed by atoms with van der Waals surface area (Å²) in [5.74, 6) is -3.23. The Balaban J connectivity index is 3.28. The van der Waals surface area contributed by atoms with Gasteiger partial charge in [-0.05, 0) is 19.1 Å². The fourth-order valence-electron chi connectivity index (χ4n) is 1.38. The second-order valence-corrected chi connectivity index (χ2v) is 3.73. The highest BCUT2D eigenvalue weighted by atomic mass is 16.6. The van der Waals surface area contributed by atoms with E-state index < -0.39 is 23.7 Å². The van der Waals surface area contributed by atoms with Crippen LogP contribution in [0.5, 0.6) is 17.2 Å². The normalized spacial score (nSPS) is 9.75. The third-order valence-corrected chi connectivity index (χ3v) is 2.06. The van der Waals surface area contributed by atoms with Gasteiger partial charge < -0.3 is 19.3 Å². The van der Waals surface area contributed by atoms with Gasteiger partial charge in [-0.2, -0.15) is 0 Å². The van der Waals surface area contributed by atoms with E-state index in [-0.39, 0.29) is 23.7 Å². The third-order valence-electron chi connectivity index (χ3n) is 2.06. The lowest BCUT2D eigenvalue weighted by molar-refractivity contribution is -0.132. The zero-order valence-corrected chi connectivity index (χ0v) is 11.3. The predicted octanol–water partition coefficient (Wildman–Crippen LogP) is 1.42. The molecule has 1 rings (SSSR count). The first kappa shape index (κ1) is 15.5. The number of aromatic hydroxyl groups is 1. The van der Waals surface area contributed by atoms with Crippen molar-refractivity contribution in [2.24, 2.45) is 0 Å². The monoisotopic (exact) mass is 282 g/mol. The van der Waals surface area contributed by atoms with E-state index in [0.29, 0.717) is 0 Å². The number of phenols is 1. The number of phenolic OH excluding ortho intramolecular Hbond substituents is 1. The van der Waals surface area contributed by atoms with Crippen molar-refractivity contribution in [3.8, 4) is 17.2 Å². The van der Waals surface area contributed by atoms with E-state index in [1.807, 2.05) is 0 Å². The lowest BCUT2D eigenvalue weighted by atomic mass is 10.2. The van der Waals surface area contributed by atoms with Crippen LogP contribution in [0.2, 0.25) is 0 Å². The fourth-order valence-corrected chi connectivity index (χ4v) is 1.38. The van der Waals surface area contributed by atoms with E-state index in [0.717, 1.165) is 26.0 Å². The molecule has 0 bridgehead atoms. The Morgan fingerprint density at radius 1 is 1.05 bits per heavy atom. The number of carbonyl (C=O) groups is 3. The van der Waals surface area contributed by atoms with Crippen LogP contribution in [0.1, 0.15) is 31.1 Å². The van der Waals surface area contributed by atoms with Crippen LogP contribution >= 0.6 is 0 Å². The van der Waals surface area contributed by atoms with E-state index in [2.05, 4.69) is 0 Å². The molecule has 0 aliphatic carbocycles. The molecule has 0 aliphatic rings. The van der Waals surface area contributed by atoms with Crippen molar-refractivity contribution >= 4 is 17.9 Å². The van der Waals surface area contributed by atoms with Gasteiger partial charge in [0.05, 0.1) is 12.2 Å². The van der Waals surface area contributed by atoms with Crippen LogP contribution in [-0.4, -0.2) is 29.6 Å². The van der Waals surface area contributed by atoms with Crippen LogP contribution in [-0.2, 0) is 14.3 Å². The largest absolute Gasteiger partial charge is 0.502 e. The first-order valence-corrected chi connectivity index (χ1v) is 5.76. The van der Waals surface area contributed by atoms with Gasteiger partial charge in [-0.15, -0.1) is 0 Å². The standard InChI is InChI=1S/C13H14O7/c1-4-18-13(17)9-5-10(19-7(2)14)12(16)11(6-9)20-8(3)15/h5-6,16H,4H2,1-3H3. The lowest BCUT2D eigenvalue weighted by Gasteiger charge is -2.11. The second kappa shape index (κ2) is 6.55. The Hall–Kier alpha value is -2.57. The molecule has 0 radical (unpaired) electrons. The van der Waals surface area contributed by atoms with E-state index in [4.69, 9.17) is 14.2 Å². The molecule has 7 nitrogen and oxygen atoms in total. The Labute approximate surface area is 115 Å². The van der Waals surface area contributed by atoms with E-state index in [9.17, 15) is 19.5 Å². The van der Waals surface area contributed by atoms with Gasteiger partial charge in [0.25, 0.3) is 0 Å². The van der Waals surface area contributed by atoms with Gasteiger partial charge >= 0.3 is 17.9 Å². The van der Waals surface area contributed by atoms with Crippen LogP contribution in [0.3, 0.4) is 0 Å². The number of hydrogen-bond acceptors (Lipinski definition) is 7. The quantitative estimate of drug-likeness (QED) is 0.658. The molecule has 0 amide bonds. The van der Waals surface area contributed by atoms with Crippen LogP contribution in [0.15, 0.2) is 12.1 Å². The molecule has 7 heteroatoms. The van der Waals surface area contributed by atoms with Gasteiger partial charge in [0.2, 0.25) is 5.75 Å². The molecule has 108 valence electrons. The fraction of sp³-hybridized carbons (Fsp3) is 0.308. The maximum Gasteiger partial charge on any atom is 0.338 e. The molecule has 0 saturated carbocycles. The molecule has 0 heterocycles. The number of rotatable bonds is 4. The molecule has 0 aromatic heterocycles. The van der Waals surface area contributed by atoms with Crippen molar-refractivity contribution in [1.82, 2.24) is 0 Å². The minimum absolute atomic E-state index is 0.0165. The van der Waals surface area contributed by atoms with Gasteiger partial charge in [0.1, 0.15) is 0 Å². The van der Waals surface area contributed by atoms with Crippen LogP contribution in [0.4, 0.5) is 0 Å². The van der Waals surface area contributed by atoms with Gasteiger partial charge in [-0.25, -0.2) is 4.79 Å². The summed E-state index contributed by atoms with van der Waals surface area (Å²) in [6, 6.07) is 2.25. The topological polar surface area (TPSA) is 99.1 Å². The summed E-state index contributed by atoms with van der Waals surface area (Å²) >= 11 is 0. The summed E-state index contributed by atoms with van der Waals surface area (Å²) in [4.78, 5) is 33.5. The molecule has 0 fully saturated rings. The first-order valence-electron chi connectivity index (χ1n) is 5.76. The summed E-state index contributed by atoms with van der Waals surface area (Å²) < 4.78 is 14.3. The van der Waals surface area contributed by atoms with Crippen molar-refractivity contribution in [1.29, 1.82) is 0 Å². The minimum Gasteiger partial charge on any atom is -0.502 e. The van der Waals surface area contributed by atoms with Crippen LogP contribution in [0, 0.1) is 0 Å². The van der Waals surface area contributed by atoms with Gasteiger partial charge in [-0.1, -0.05) is 0 Å². The Bertz CT molecular complexity index is 511. The van der Waals surface area contributed by atoms with E-state index >= 15 is 0 Å².